The zero-order chi connectivity index (χ0) is 36.3. The van der Waals surface area contributed by atoms with Crippen molar-refractivity contribution in [2.75, 3.05) is 4.90 Å². The van der Waals surface area contributed by atoms with E-state index >= 15 is 0 Å². The van der Waals surface area contributed by atoms with Gasteiger partial charge in [-0.25, -0.2) is 0 Å². The number of pyridine rings is 1. The summed E-state index contributed by atoms with van der Waals surface area (Å²) in [6.45, 7) is 0. The third kappa shape index (κ3) is 5.05. The minimum atomic E-state index is -0.378. The molecule has 4 aromatic heterocycles. The zero-order valence-corrected chi connectivity index (χ0v) is 29.7. The Kier molecular flexibility index (Phi) is 7.17. The van der Waals surface area contributed by atoms with Gasteiger partial charge in [-0.15, -0.1) is 0 Å². The lowest BCUT2D eigenvalue weighted by Crippen LogP contribution is -2.33. The molecule has 0 bridgehead atoms. The molecule has 5 nitrogen and oxygen atoms in total. The van der Waals surface area contributed by atoms with Gasteiger partial charge in [0.25, 0.3) is 0 Å². The lowest BCUT2D eigenvalue weighted by Gasteiger charge is -2.41. The Balaban J connectivity index is 1.40. The van der Waals surface area contributed by atoms with Crippen LogP contribution < -0.4 is 4.90 Å². The van der Waals surface area contributed by atoms with Crippen LogP contribution in [0.4, 0.5) is 5.88 Å². The Hall–Kier alpha value is -7.37. The summed E-state index contributed by atoms with van der Waals surface area (Å²) in [6.07, 6.45) is 3.68. The van der Waals surface area contributed by atoms with E-state index in [0.29, 0.717) is 11.6 Å². The van der Waals surface area contributed by atoms with E-state index in [1.165, 1.54) is 0 Å². The minimum Gasteiger partial charge on any atom is -0.463 e. The molecule has 260 valence electrons. The van der Waals surface area contributed by atoms with Gasteiger partial charge < -0.3 is 13.8 Å². The number of rotatable bonds is 6. The number of nitrogens with zero attached hydrogens (tertiary/aromatic N) is 2. The number of allylic oxidation sites excluding steroid dienone is 2. The average Bonchev–Trinajstić information content (AvgIpc) is 4.03. The van der Waals surface area contributed by atoms with E-state index in [9.17, 15) is 0 Å². The van der Waals surface area contributed by atoms with E-state index in [2.05, 4.69) is 162 Å². The minimum absolute atomic E-state index is 0.378. The lowest BCUT2D eigenvalue weighted by molar-refractivity contribution is 0.542. The van der Waals surface area contributed by atoms with Gasteiger partial charge in [-0.3, -0.25) is 9.88 Å². The van der Waals surface area contributed by atoms with Crippen molar-refractivity contribution in [2.45, 2.75) is 6.04 Å². The molecule has 0 aliphatic carbocycles. The van der Waals surface area contributed by atoms with Gasteiger partial charge in [-0.2, -0.15) is 0 Å². The quantitative estimate of drug-likeness (QED) is 0.187. The number of furan rings is 2. The molecule has 0 spiro atoms. The molecule has 55 heavy (non-hydrogen) atoms. The molecule has 0 fully saturated rings. The zero-order valence-electron chi connectivity index (χ0n) is 29.7. The fourth-order valence-corrected chi connectivity index (χ4v) is 8.48. The second kappa shape index (κ2) is 12.6. The molecule has 0 saturated carbocycles. The topological polar surface area (TPSA) is 58.2 Å². The summed E-state index contributed by atoms with van der Waals surface area (Å²) in [7, 11) is 0. The van der Waals surface area contributed by atoms with Crippen LogP contribution in [-0.4, -0.2) is 9.97 Å². The number of aromatic amines is 1. The molecule has 5 heterocycles. The lowest BCUT2D eigenvalue weighted by atomic mass is 9.77. The fraction of sp³-hybridized carbons (Fsp3) is 0.0200. The van der Waals surface area contributed by atoms with Crippen LogP contribution in [0.3, 0.4) is 0 Å². The second-order valence-electron chi connectivity index (χ2n) is 14.0. The predicted molar refractivity (Wildman–Crippen MR) is 224 cm³/mol. The van der Waals surface area contributed by atoms with Crippen LogP contribution in [-0.2, 0) is 0 Å². The monoisotopic (exact) mass is 707 g/mol. The molecular weight excluding hydrogens is 675 g/mol. The van der Waals surface area contributed by atoms with Crippen molar-refractivity contribution >= 4 is 71.7 Å². The molecule has 0 amide bonds. The van der Waals surface area contributed by atoms with Crippen molar-refractivity contribution in [3.63, 3.8) is 0 Å². The van der Waals surface area contributed by atoms with Crippen LogP contribution in [0, 0.1) is 0 Å². The molecule has 1 aliphatic heterocycles. The molecule has 11 rings (SSSR count). The van der Waals surface area contributed by atoms with Gasteiger partial charge in [-0.05, 0) is 69.3 Å². The number of benzene rings is 6. The molecule has 0 radical (unpaired) electrons. The Morgan fingerprint density at radius 3 is 2.07 bits per heavy atom. The highest BCUT2D eigenvalue weighted by Crippen LogP contribution is 2.57. The summed E-state index contributed by atoms with van der Waals surface area (Å²) in [5.74, 6) is 1.42. The van der Waals surface area contributed by atoms with E-state index in [-0.39, 0.29) is 6.04 Å². The first-order valence-electron chi connectivity index (χ1n) is 18.6. The molecular formula is C50H33N3O2. The van der Waals surface area contributed by atoms with E-state index in [1.54, 1.807) is 6.26 Å². The van der Waals surface area contributed by atoms with Gasteiger partial charge in [0.05, 0.1) is 23.7 Å². The highest BCUT2D eigenvalue weighted by molar-refractivity contribution is 6.29. The maximum absolute atomic E-state index is 6.92. The summed E-state index contributed by atoms with van der Waals surface area (Å²) < 4.78 is 13.4. The molecule has 5 heteroatoms. The largest absolute Gasteiger partial charge is 0.463 e. The van der Waals surface area contributed by atoms with Crippen LogP contribution in [0.5, 0.6) is 0 Å². The highest BCUT2D eigenvalue weighted by Gasteiger charge is 2.43. The van der Waals surface area contributed by atoms with E-state index < -0.39 is 0 Å². The van der Waals surface area contributed by atoms with Crippen molar-refractivity contribution in [1.29, 1.82) is 0 Å². The van der Waals surface area contributed by atoms with Crippen LogP contribution in [0.1, 0.15) is 34.3 Å². The second-order valence-corrected chi connectivity index (χ2v) is 14.0. The van der Waals surface area contributed by atoms with Crippen LogP contribution in [0.25, 0.3) is 65.8 Å². The third-order valence-corrected chi connectivity index (χ3v) is 10.8. The SMILES string of the molecule is c1ccc(C2C(c3cccc4ccccc34)=C(c3nccc4ccccc34)C(c3cc4ccccc4[nH]3)=C(c3ccco3)N2c2cc3ccccc3o2)cc1. The smallest absolute Gasteiger partial charge is 0.202 e. The number of hydrogen-bond donors (Lipinski definition) is 1. The van der Waals surface area contributed by atoms with Gasteiger partial charge >= 0.3 is 0 Å². The first-order chi connectivity index (χ1) is 27.3. The van der Waals surface area contributed by atoms with Crippen molar-refractivity contribution < 1.29 is 8.83 Å². The van der Waals surface area contributed by atoms with Gasteiger partial charge in [0.15, 0.2) is 5.76 Å². The van der Waals surface area contributed by atoms with Gasteiger partial charge in [0.1, 0.15) is 5.58 Å². The number of anilines is 1. The Morgan fingerprint density at radius 1 is 0.564 bits per heavy atom. The van der Waals surface area contributed by atoms with E-state index in [4.69, 9.17) is 13.8 Å². The maximum atomic E-state index is 6.92. The van der Waals surface area contributed by atoms with Crippen molar-refractivity contribution in [1.82, 2.24) is 9.97 Å². The maximum Gasteiger partial charge on any atom is 0.202 e. The molecule has 1 N–H and O–H groups in total. The summed E-state index contributed by atoms with van der Waals surface area (Å²) >= 11 is 0. The molecule has 1 atom stereocenters. The van der Waals surface area contributed by atoms with Crippen LogP contribution >= 0.6 is 0 Å². The summed E-state index contributed by atoms with van der Waals surface area (Å²) in [5, 5.41) is 6.63. The fourth-order valence-electron chi connectivity index (χ4n) is 8.48. The number of aromatic nitrogens is 2. The molecule has 6 aromatic carbocycles. The summed E-state index contributed by atoms with van der Waals surface area (Å²) in [5.41, 5.74) is 9.88. The third-order valence-electron chi connectivity index (χ3n) is 10.8. The number of nitrogens with one attached hydrogen (secondary N) is 1. The molecule has 1 unspecified atom stereocenters. The van der Waals surface area contributed by atoms with Crippen molar-refractivity contribution in [3.8, 4) is 0 Å². The van der Waals surface area contributed by atoms with Crippen molar-refractivity contribution in [2.24, 2.45) is 0 Å². The normalized spacial score (nSPS) is 14.9. The standard InChI is InChI=1S/C50H33N3O2/c1-2-16-34(17-3-1)49-45(39-23-12-20-32-14-4-8-21-37(32)39)47(48-38-22-9-5-15-33(38)27-28-51-48)46(41-30-35-18-6-10-24-40(35)52-41)50(43-26-13-29-54-43)53(49)44-31-36-19-7-11-25-42(36)55-44/h1-31,49,52H. The van der Waals surface area contributed by atoms with Gasteiger partial charge in [0.2, 0.25) is 5.88 Å². The summed E-state index contributed by atoms with van der Waals surface area (Å²) in [4.78, 5) is 11.5. The Labute approximate surface area is 317 Å². The van der Waals surface area contributed by atoms with E-state index in [1.807, 2.05) is 30.5 Å². The highest BCUT2D eigenvalue weighted by atomic mass is 16.4. The number of fused-ring (bicyclic) bond motifs is 4. The van der Waals surface area contributed by atoms with Crippen LogP contribution in [0.2, 0.25) is 0 Å². The van der Waals surface area contributed by atoms with E-state index in [0.717, 1.165) is 88.3 Å². The predicted octanol–water partition coefficient (Wildman–Crippen LogP) is 12.9. The van der Waals surface area contributed by atoms with Crippen molar-refractivity contribution in [3.05, 3.63) is 217 Å². The Morgan fingerprint density at radius 2 is 1.27 bits per heavy atom. The number of para-hydroxylation sites is 2. The first kappa shape index (κ1) is 31.2. The van der Waals surface area contributed by atoms with Crippen LogP contribution in [0.15, 0.2) is 197 Å². The van der Waals surface area contributed by atoms with Gasteiger partial charge in [-0.1, -0.05) is 133 Å². The average molecular weight is 708 g/mol. The number of hydrogen-bond acceptors (Lipinski definition) is 4. The summed E-state index contributed by atoms with van der Waals surface area (Å²) in [6, 6.07) is 61.3. The first-order valence-corrected chi connectivity index (χ1v) is 18.6. The Bertz CT molecular complexity index is 3030. The molecule has 1 aliphatic rings. The van der Waals surface area contributed by atoms with Gasteiger partial charge in [0, 0.05) is 50.8 Å². The molecule has 10 aromatic rings. The number of H-pyrrole nitrogens is 1. The molecule has 0 saturated heterocycles.